The second-order valence-corrected chi connectivity index (χ2v) is 4.78. The molecule has 0 aliphatic heterocycles. The van der Waals surface area contributed by atoms with Crippen molar-refractivity contribution in [2.24, 2.45) is 0 Å². The van der Waals surface area contributed by atoms with Crippen LogP contribution in [0.5, 0.6) is 0 Å². The van der Waals surface area contributed by atoms with Crippen molar-refractivity contribution in [3.05, 3.63) is 79.4 Å². The fraction of sp³-hybridized carbons (Fsp3) is 0.190. The van der Waals surface area contributed by atoms with E-state index in [-0.39, 0.29) is 24.4 Å². The predicted octanol–water partition coefficient (Wildman–Crippen LogP) is 2.85. The van der Waals surface area contributed by atoms with Crippen molar-refractivity contribution in [2.45, 2.75) is 13.8 Å². The largest absolute Gasteiger partial charge is 0.478 e. The van der Waals surface area contributed by atoms with E-state index in [1.54, 1.807) is 0 Å². The zero-order chi connectivity index (χ0) is 23.8. The van der Waals surface area contributed by atoms with Gasteiger partial charge in [0.15, 0.2) is 0 Å². The maximum atomic E-state index is 9.60. The monoisotopic (exact) mass is 410 g/mol. The van der Waals surface area contributed by atoms with Gasteiger partial charge in [-0.05, 0) is 19.4 Å². The molecule has 162 valence electrons. The Morgan fingerprint density at radius 1 is 0.828 bits per heavy atom. The van der Waals surface area contributed by atoms with Crippen molar-refractivity contribution in [1.29, 1.82) is 0 Å². The first-order chi connectivity index (χ1) is 13.4. The second-order valence-electron chi connectivity index (χ2n) is 4.78. The summed E-state index contributed by atoms with van der Waals surface area (Å²) in [6.07, 6.45) is 2.67. The van der Waals surface area contributed by atoms with Gasteiger partial charge in [0.05, 0.1) is 13.2 Å². The number of hydrogen-bond acceptors (Lipinski definition) is 5. The molecule has 0 spiro atoms. The summed E-state index contributed by atoms with van der Waals surface area (Å²) < 4.78 is 0. The molecule has 0 radical (unpaired) electrons. The minimum atomic E-state index is -0.981. The lowest BCUT2D eigenvalue weighted by molar-refractivity contribution is -0.133. The molecule has 8 heteroatoms. The van der Waals surface area contributed by atoms with Crippen LogP contribution in [-0.2, 0) is 14.4 Å². The topological polar surface area (TPSA) is 152 Å². The van der Waals surface area contributed by atoms with Crippen molar-refractivity contribution in [3.8, 4) is 0 Å². The minimum absolute atomic E-state index is 0.125. The van der Waals surface area contributed by atoms with Crippen molar-refractivity contribution in [2.75, 3.05) is 13.2 Å². The third kappa shape index (κ3) is 40.5. The molecular weight excluding hydrogens is 380 g/mol. The van der Waals surface area contributed by atoms with Gasteiger partial charge in [-0.3, -0.25) is 0 Å². The smallest absolute Gasteiger partial charge is 0.330 e. The summed E-state index contributed by atoms with van der Waals surface area (Å²) >= 11 is 0. The molecule has 0 saturated heterocycles. The lowest BCUT2D eigenvalue weighted by Crippen LogP contribution is -1.92. The van der Waals surface area contributed by atoms with E-state index in [9.17, 15) is 14.4 Å². The molecule has 0 amide bonds. The van der Waals surface area contributed by atoms with Crippen LogP contribution < -0.4 is 0 Å². The maximum Gasteiger partial charge on any atom is 0.330 e. The SMILES string of the molecule is C=C(C)C(=O)O.C=C(C)C(=O)O.C=CC(=O)O.C=Cc1ccccc1.OCCO. The van der Waals surface area contributed by atoms with E-state index in [1.165, 1.54) is 19.4 Å². The summed E-state index contributed by atoms with van der Waals surface area (Å²) in [6, 6.07) is 10.0. The fourth-order valence-electron chi connectivity index (χ4n) is 0.589. The van der Waals surface area contributed by atoms with Crippen LogP contribution in [0.25, 0.3) is 6.08 Å². The molecule has 1 aromatic carbocycles. The normalized spacial score (nSPS) is 7.59. The van der Waals surface area contributed by atoms with Crippen LogP contribution in [0.3, 0.4) is 0 Å². The van der Waals surface area contributed by atoms with Gasteiger partial charge in [-0.1, -0.05) is 62.7 Å². The first-order valence-electron chi connectivity index (χ1n) is 7.93. The van der Waals surface area contributed by atoms with Crippen LogP contribution in [0.1, 0.15) is 19.4 Å². The highest BCUT2D eigenvalue weighted by Gasteiger charge is 1.90. The van der Waals surface area contributed by atoms with Gasteiger partial charge < -0.3 is 25.5 Å². The van der Waals surface area contributed by atoms with Crippen LogP contribution in [-0.4, -0.2) is 56.7 Å². The standard InChI is InChI=1S/C8H8.2C4H6O2.C3H4O2.C2H6O2/c1-2-8-6-4-3-5-7-8;2*1-3(2)4(5)6;1-2-3(4)5;3-1-2-4/h2-7H,1H2;2*1H2,2H3,(H,5,6);2H,1H2,(H,4,5);3-4H,1-2H2. The second kappa shape index (κ2) is 24.5. The Morgan fingerprint density at radius 3 is 1.21 bits per heavy atom. The molecule has 0 atom stereocenters. The quantitative estimate of drug-likeness (QED) is 0.465. The highest BCUT2D eigenvalue weighted by molar-refractivity contribution is 5.85. The number of benzene rings is 1. The summed E-state index contributed by atoms with van der Waals surface area (Å²) in [6.45, 7) is 15.5. The summed E-state index contributed by atoms with van der Waals surface area (Å²) in [7, 11) is 0. The van der Waals surface area contributed by atoms with Crippen LogP contribution >= 0.6 is 0 Å². The molecular formula is C21H30O8. The average molecular weight is 410 g/mol. The molecule has 0 bridgehead atoms. The number of aliphatic hydroxyl groups excluding tert-OH is 2. The van der Waals surface area contributed by atoms with E-state index in [0.29, 0.717) is 0 Å². The van der Waals surface area contributed by atoms with Gasteiger partial charge >= 0.3 is 17.9 Å². The third-order valence-electron chi connectivity index (χ3n) is 2.04. The van der Waals surface area contributed by atoms with E-state index >= 15 is 0 Å². The molecule has 0 unspecified atom stereocenters. The third-order valence-corrected chi connectivity index (χ3v) is 2.04. The lowest BCUT2D eigenvalue weighted by Gasteiger charge is -1.85. The van der Waals surface area contributed by atoms with Crippen LogP contribution in [0, 0.1) is 0 Å². The maximum absolute atomic E-state index is 9.60. The van der Waals surface area contributed by atoms with E-state index in [4.69, 9.17) is 25.5 Å². The molecule has 0 aromatic heterocycles. The molecule has 29 heavy (non-hydrogen) atoms. The number of carboxylic acids is 3. The molecule has 0 fully saturated rings. The van der Waals surface area contributed by atoms with Crippen LogP contribution in [0.4, 0.5) is 0 Å². The summed E-state index contributed by atoms with van der Waals surface area (Å²) in [5, 5.41) is 38.6. The van der Waals surface area contributed by atoms with E-state index < -0.39 is 17.9 Å². The minimum Gasteiger partial charge on any atom is -0.478 e. The van der Waals surface area contributed by atoms with Gasteiger partial charge in [0.25, 0.3) is 0 Å². The molecule has 0 heterocycles. The van der Waals surface area contributed by atoms with E-state index in [2.05, 4.69) is 26.3 Å². The Bertz CT molecular complexity index is 583. The highest BCUT2D eigenvalue weighted by atomic mass is 16.4. The number of carboxylic acid groups (broad SMARTS) is 3. The van der Waals surface area contributed by atoms with Crippen molar-refractivity contribution in [3.63, 3.8) is 0 Å². The number of aliphatic carboxylic acids is 3. The van der Waals surface area contributed by atoms with E-state index in [1.807, 2.05) is 36.4 Å². The predicted molar refractivity (Wildman–Crippen MR) is 113 cm³/mol. The highest BCUT2D eigenvalue weighted by Crippen LogP contribution is 1.97. The lowest BCUT2D eigenvalue weighted by atomic mass is 10.2. The summed E-state index contributed by atoms with van der Waals surface area (Å²) in [5.74, 6) is -2.85. The number of carbonyl (C=O) groups is 3. The number of aliphatic hydroxyl groups is 2. The van der Waals surface area contributed by atoms with Gasteiger partial charge in [-0.25, -0.2) is 14.4 Å². The van der Waals surface area contributed by atoms with Gasteiger partial charge in [0.2, 0.25) is 0 Å². The molecule has 5 N–H and O–H groups in total. The average Bonchev–Trinajstić information content (AvgIpc) is 2.69. The van der Waals surface area contributed by atoms with Gasteiger partial charge in [-0.15, -0.1) is 0 Å². The van der Waals surface area contributed by atoms with Crippen molar-refractivity contribution in [1.82, 2.24) is 0 Å². The molecule has 1 rings (SSSR count). The van der Waals surface area contributed by atoms with Gasteiger partial charge in [0, 0.05) is 17.2 Å². The van der Waals surface area contributed by atoms with Crippen molar-refractivity contribution >= 4 is 24.0 Å². The Balaban J connectivity index is -0.000000138. The Labute approximate surface area is 171 Å². The number of rotatable bonds is 5. The summed E-state index contributed by atoms with van der Waals surface area (Å²) in [5.41, 5.74) is 1.53. The molecule has 1 aromatic rings. The molecule has 8 nitrogen and oxygen atoms in total. The Morgan fingerprint density at radius 2 is 1.10 bits per heavy atom. The Hall–Kier alpha value is -3.49. The molecule has 0 saturated carbocycles. The van der Waals surface area contributed by atoms with E-state index in [0.717, 1.165) is 6.08 Å². The van der Waals surface area contributed by atoms with Crippen LogP contribution in [0.2, 0.25) is 0 Å². The first-order valence-corrected chi connectivity index (χ1v) is 7.93. The van der Waals surface area contributed by atoms with Crippen molar-refractivity contribution < 1.29 is 39.9 Å². The van der Waals surface area contributed by atoms with Crippen LogP contribution in [0.15, 0.2) is 73.9 Å². The van der Waals surface area contributed by atoms with Gasteiger partial charge in [0.1, 0.15) is 0 Å². The number of hydrogen-bond donors (Lipinski definition) is 5. The first kappa shape index (κ1) is 33.1. The fourth-order valence-corrected chi connectivity index (χ4v) is 0.589. The molecule has 0 aliphatic carbocycles. The van der Waals surface area contributed by atoms with Gasteiger partial charge in [-0.2, -0.15) is 0 Å². The summed E-state index contributed by atoms with van der Waals surface area (Å²) in [4.78, 5) is 28.4. The zero-order valence-corrected chi connectivity index (χ0v) is 16.7. The zero-order valence-electron chi connectivity index (χ0n) is 16.7. The Kier molecular flexibility index (Phi) is 28.0. The molecule has 0 aliphatic rings.